The van der Waals surface area contributed by atoms with E-state index in [1.165, 1.54) is 18.4 Å². The number of esters is 1. The van der Waals surface area contributed by atoms with Gasteiger partial charge in [-0.1, -0.05) is 13.8 Å². The number of thioether (sulfide) groups is 1. The van der Waals surface area contributed by atoms with Gasteiger partial charge in [0.1, 0.15) is 9.88 Å². The molecule has 0 amide bonds. The number of thiophene rings is 1. The zero-order valence-electron chi connectivity index (χ0n) is 13.2. The third kappa shape index (κ3) is 4.79. The number of nitrogens with one attached hydrogen (secondary N) is 1. The van der Waals surface area contributed by atoms with Gasteiger partial charge in [-0.15, -0.1) is 23.1 Å². The number of carbonyl (C=O) groups is 1. The van der Waals surface area contributed by atoms with Gasteiger partial charge < -0.3 is 20.7 Å². The van der Waals surface area contributed by atoms with E-state index in [0.717, 1.165) is 42.5 Å². The molecule has 21 heavy (non-hydrogen) atoms. The molecule has 0 atom stereocenters. The van der Waals surface area contributed by atoms with Gasteiger partial charge in [0.25, 0.3) is 0 Å². The fourth-order valence-corrected chi connectivity index (χ4v) is 4.04. The molecule has 0 saturated heterocycles. The Hall–Kier alpha value is -0.920. The van der Waals surface area contributed by atoms with Crippen LogP contribution < -0.4 is 11.1 Å². The van der Waals surface area contributed by atoms with E-state index in [2.05, 4.69) is 24.1 Å². The van der Waals surface area contributed by atoms with E-state index in [4.69, 9.17) is 10.5 Å². The van der Waals surface area contributed by atoms with E-state index in [1.807, 2.05) is 6.26 Å². The van der Waals surface area contributed by atoms with Gasteiger partial charge in [-0.05, 0) is 25.8 Å². The molecule has 0 aromatic carbocycles. The van der Waals surface area contributed by atoms with Crippen LogP contribution in [-0.2, 0) is 4.74 Å². The molecule has 7 heteroatoms. The van der Waals surface area contributed by atoms with Gasteiger partial charge >= 0.3 is 5.97 Å². The summed E-state index contributed by atoms with van der Waals surface area (Å²) >= 11 is 2.91. The molecule has 0 radical (unpaired) electrons. The summed E-state index contributed by atoms with van der Waals surface area (Å²) in [5, 5.41) is 4.35. The van der Waals surface area contributed by atoms with Crippen LogP contribution in [0.15, 0.2) is 4.90 Å². The molecule has 0 spiro atoms. The number of nitrogen functional groups attached to an aromatic ring is 1. The molecule has 0 fully saturated rings. The van der Waals surface area contributed by atoms with Crippen LogP contribution in [-0.4, -0.2) is 50.4 Å². The van der Waals surface area contributed by atoms with Crippen LogP contribution >= 0.6 is 23.1 Å². The second-order valence-corrected chi connectivity index (χ2v) is 6.40. The van der Waals surface area contributed by atoms with Crippen molar-refractivity contribution in [3.63, 3.8) is 0 Å². The zero-order chi connectivity index (χ0) is 15.8. The second-order valence-electron chi connectivity index (χ2n) is 4.56. The van der Waals surface area contributed by atoms with E-state index < -0.39 is 0 Å². The number of methoxy groups -OCH3 is 1. The minimum atomic E-state index is -0.373. The Morgan fingerprint density at radius 2 is 2.14 bits per heavy atom. The topological polar surface area (TPSA) is 67.6 Å². The van der Waals surface area contributed by atoms with Crippen LogP contribution in [0.3, 0.4) is 0 Å². The fourth-order valence-electron chi connectivity index (χ4n) is 2.06. The quantitative estimate of drug-likeness (QED) is 0.535. The fraction of sp³-hybridized carbons (Fsp3) is 0.643. The average Bonchev–Trinajstić information content (AvgIpc) is 2.81. The van der Waals surface area contributed by atoms with Crippen LogP contribution in [0.5, 0.6) is 0 Å². The van der Waals surface area contributed by atoms with E-state index in [9.17, 15) is 4.79 Å². The van der Waals surface area contributed by atoms with E-state index >= 15 is 0 Å². The molecular weight excluding hydrogens is 306 g/mol. The van der Waals surface area contributed by atoms with E-state index in [0.29, 0.717) is 10.6 Å². The minimum Gasteiger partial charge on any atom is -0.465 e. The van der Waals surface area contributed by atoms with Gasteiger partial charge in [0.15, 0.2) is 0 Å². The Balaban J connectivity index is 2.72. The SMILES string of the molecule is CCCN(CC)CCNc1sc(C(=O)OC)c(N)c1SC. The normalized spacial score (nSPS) is 10.9. The summed E-state index contributed by atoms with van der Waals surface area (Å²) in [6.07, 6.45) is 3.11. The Morgan fingerprint density at radius 1 is 1.43 bits per heavy atom. The van der Waals surface area contributed by atoms with Crippen molar-refractivity contribution in [2.45, 2.75) is 25.2 Å². The van der Waals surface area contributed by atoms with Gasteiger partial charge in [-0.25, -0.2) is 4.79 Å². The first kappa shape index (κ1) is 18.1. The highest BCUT2D eigenvalue weighted by Crippen LogP contribution is 2.41. The lowest BCUT2D eigenvalue weighted by Gasteiger charge is -2.19. The minimum absolute atomic E-state index is 0.373. The van der Waals surface area contributed by atoms with Crippen molar-refractivity contribution < 1.29 is 9.53 Å². The van der Waals surface area contributed by atoms with E-state index in [-0.39, 0.29) is 5.97 Å². The smallest absolute Gasteiger partial charge is 0.350 e. The first-order valence-electron chi connectivity index (χ1n) is 7.09. The third-order valence-electron chi connectivity index (χ3n) is 3.18. The van der Waals surface area contributed by atoms with E-state index in [1.54, 1.807) is 11.8 Å². The number of anilines is 2. The molecule has 3 N–H and O–H groups in total. The highest BCUT2D eigenvalue weighted by atomic mass is 32.2. The summed E-state index contributed by atoms with van der Waals surface area (Å²) < 4.78 is 4.77. The maximum absolute atomic E-state index is 11.7. The monoisotopic (exact) mass is 331 g/mol. The molecule has 0 unspecified atom stereocenters. The lowest BCUT2D eigenvalue weighted by molar-refractivity contribution is 0.0607. The molecule has 5 nitrogen and oxygen atoms in total. The second kappa shape index (κ2) is 9.17. The summed E-state index contributed by atoms with van der Waals surface area (Å²) in [5.74, 6) is -0.373. The van der Waals surface area contributed by atoms with Crippen LogP contribution in [0, 0.1) is 0 Å². The van der Waals surface area contributed by atoms with Crippen molar-refractivity contribution in [1.82, 2.24) is 4.90 Å². The number of carbonyl (C=O) groups excluding carboxylic acids is 1. The van der Waals surface area contributed by atoms with Crippen molar-refractivity contribution >= 4 is 39.8 Å². The lowest BCUT2D eigenvalue weighted by atomic mass is 10.4. The standard InChI is InChI=1S/C14H25N3O2S2/c1-5-8-17(6-2)9-7-16-13-11(20-4)10(15)12(21-13)14(18)19-3/h16H,5-9,15H2,1-4H3. The lowest BCUT2D eigenvalue weighted by Crippen LogP contribution is -2.29. The third-order valence-corrected chi connectivity index (χ3v) is 5.28. The highest BCUT2D eigenvalue weighted by Gasteiger charge is 2.21. The van der Waals surface area contributed by atoms with Crippen LogP contribution in [0.4, 0.5) is 10.7 Å². The highest BCUT2D eigenvalue weighted by molar-refractivity contribution is 7.99. The predicted molar refractivity (Wildman–Crippen MR) is 92.7 cm³/mol. The first-order valence-corrected chi connectivity index (χ1v) is 9.13. The number of rotatable bonds is 9. The summed E-state index contributed by atoms with van der Waals surface area (Å²) in [6.45, 7) is 8.32. The first-order chi connectivity index (χ1) is 10.1. The largest absolute Gasteiger partial charge is 0.465 e. The molecule has 0 aliphatic carbocycles. The number of likely N-dealkylation sites (N-methyl/N-ethyl adjacent to an activating group) is 1. The number of ether oxygens (including phenoxy) is 1. The number of hydrogen-bond acceptors (Lipinski definition) is 7. The number of nitrogens with two attached hydrogens (primary N) is 1. The van der Waals surface area contributed by atoms with Crippen LogP contribution in [0.25, 0.3) is 0 Å². The molecule has 0 aliphatic heterocycles. The maximum atomic E-state index is 11.7. The van der Waals surface area contributed by atoms with Gasteiger partial charge in [-0.3, -0.25) is 0 Å². The summed E-state index contributed by atoms with van der Waals surface area (Å²) in [6, 6.07) is 0. The zero-order valence-corrected chi connectivity index (χ0v) is 14.8. The van der Waals surface area contributed by atoms with Crippen molar-refractivity contribution in [2.24, 2.45) is 0 Å². The summed E-state index contributed by atoms with van der Waals surface area (Å²) in [5.41, 5.74) is 6.55. The molecule has 1 aromatic rings. The van der Waals surface area contributed by atoms with Crippen molar-refractivity contribution in [3.8, 4) is 0 Å². The molecule has 120 valence electrons. The Morgan fingerprint density at radius 3 is 2.67 bits per heavy atom. The Kier molecular flexibility index (Phi) is 7.92. The number of nitrogens with zero attached hydrogens (tertiary/aromatic N) is 1. The van der Waals surface area contributed by atoms with Gasteiger partial charge in [-0.2, -0.15) is 0 Å². The van der Waals surface area contributed by atoms with Crippen molar-refractivity contribution in [1.29, 1.82) is 0 Å². The van der Waals surface area contributed by atoms with Gasteiger partial charge in [0.05, 0.1) is 17.7 Å². The molecule has 0 saturated carbocycles. The Labute approximate surface area is 135 Å². The maximum Gasteiger partial charge on any atom is 0.350 e. The van der Waals surface area contributed by atoms with Crippen molar-refractivity contribution in [3.05, 3.63) is 4.88 Å². The average molecular weight is 332 g/mol. The van der Waals surface area contributed by atoms with Gasteiger partial charge in [0.2, 0.25) is 0 Å². The van der Waals surface area contributed by atoms with Gasteiger partial charge in [0, 0.05) is 13.1 Å². The number of hydrogen-bond donors (Lipinski definition) is 2. The molecular formula is C14H25N3O2S2. The summed E-state index contributed by atoms with van der Waals surface area (Å²) in [4.78, 5) is 15.5. The molecule has 1 aromatic heterocycles. The summed E-state index contributed by atoms with van der Waals surface area (Å²) in [7, 11) is 1.37. The molecule has 1 rings (SSSR count). The molecule has 0 aliphatic rings. The Bertz CT molecular complexity index is 463. The molecule has 0 bridgehead atoms. The molecule has 1 heterocycles. The van der Waals surface area contributed by atoms with Crippen LogP contribution in [0.1, 0.15) is 29.9 Å². The van der Waals surface area contributed by atoms with Crippen molar-refractivity contribution in [2.75, 3.05) is 50.6 Å². The van der Waals surface area contributed by atoms with Crippen LogP contribution in [0.2, 0.25) is 0 Å². The predicted octanol–water partition coefficient (Wildman–Crippen LogP) is 2.98.